The van der Waals surface area contributed by atoms with E-state index in [9.17, 15) is 0 Å². The molecule has 1 aliphatic heterocycles. The zero-order valence-corrected chi connectivity index (χ0v) is 19.4. The van der Waals surface area contributed by atoms with Crippen molar-refractivity contribution in [1.82, 2.24) is 25.1 Å². The van der Waals surface area contributed by atoms with E-state index in [1.807, 2.05) is 0 Å². The predicted molar refractivity (Wildman–Crippen MR) is 131 cm³/mol. The highest BCUT2D eigenvalue weighted by Gasteiger charge is 2.30. The van der Waals surface area contributed by atoms with Gasteiger partial charge in [-0.1, -0.05) is 43.5 Å². The van der Waals surface area contributed by atoms with Gasteiger partial charge in [0.05, 0.1) is 11.7 Å². The summed E-state index contributed by atoms with van der Waals surface area (Å²) in [7, 11) is 0. The topological polar surface area (TPSA) is 70.6 Å². The molecule has 6 heteroatoms. The number of H-pyrrole nitrogens is 1. The molecule has 1 aliphatic carbocycles. The first kappa shape index (κ1) is 20.3. The lowest BCUT2D eigenvalue weighted by molar-refractivity contribution is 0.442. The van der Waals surface area contributed by atoms with Crippen LogP contribution in [0.2, 0.25) is 0 Å². The molecule has 4 heterocycles. The highest BCUT2D eigenvalue weighted by atomic mass is 15.3. The monoisotopic (exact) mass is 438 g/mol. The lowest BCUT2D eigenvalue weighted by atomic mass is 9.85. The molecule has 1 aromatic carbocycles. The van der Waals surface area contributed by atoms with Crippen molar-refractivity contribution in [3.63, 3.8) is 0 Å². The number of benzene rings is 1. The number of hydrogen-bond donors (Lipinski definition) is 1. The molecule has 0 bridgehead atoms. The Morgan fingerprint density at radius 3 is 2.58 bits per heavy atom. The van der Waals surface area contributed by atoms with E-state index in [2.05, 4.69) is 76.7 Å². The summed E-state index contributed by atoms with van der Waals surface area (Å²) < 4.78 is 0. The minimum Gasteiger partial charge on any atom is -0.341 e. The number of aromatic amines is 1. The first-order valence-corrected chi connectivity index (χ1v) is 12.2. The van der Waals surface area contributed by atoms with Crippen LogP contribution in [0.25, 0.3) is 22.3 Å². The van der Waals surface area contributed by atoms with Gasteiger partial charge in [-0.2, -0.15) is 0 Å². The zero-order valence-electron chi connectivity index (χ0n) is 19.4. The molecule has 6 rings (SSSR count). The van der Waals surface area contributed by atoms with Crippen LogP contribution in [0.5, 0.6) is 0 Å². The van der Waals surface area contributed by atoms with Crippen molar-refractivity contribution in [1.29, 1.82) is 0 Å². The molecule has 0 radical (unpaired) electrons. The SMILES string of the molecule is Cc1ccccc1-c1cc2c3c([nH]c2nn1)CCN(c1ncc(C2CCCCC2)cn1)C3C. The quantitative estimate of drug-likeness (QED) is 0.431. The Kier molecular flexibility index (Phi) is 5.08. The van der Waals surface area contributed by atoms with Gasteiger partial charge in [-0.15, -0.1) is 10.2 Å². The molecule has 1 N–H and O–H groups in total. The standard InChI is InChI=1S/C27H30N6/c1-17-8-6-7-11-21(17)24-14-22-25-18(2)33(13-12-23(25)30-26(22)32-31-24)27-28-15-20(16-29-27)19-9-4-3-5-10-19/h6-8,11,14-16,18-19H,3-5,9-10,12-13H2,1-2H3,(H,30,32). The first-order valence-electron chi connectivity index (χ1n) is 12.2. The van der Waals surface area contributed by atoms with Gasteiger partial charge in [0.1, 0.15) is 0 Å². The third kappa shape index (κ3) is 3.58. The van der Waals surface area contributed by atoms with Crippen molar-refractivity contribution in [2.45, 2.75) is 64.3 Å². The maximum atomic E-state index is 4.82. The average molecular weight is 439 g/mol. The molecule has 3 aromatic heterocycles. The van der Waals surface area contributed by atoms with Crippen molar-refractivity contribution in [2.75, 3.05) is 11.4 Å². The molecule has 2 aliphatic rings. The van der Waals surface area contributed by atoms with Crippen molar-refractivity contribution < 1.29 is 0 Å². The van der Waals surface area contributed by atoms with E-state index in [0.29, 0.717) is 5.92 Å². The summed E-state index contributed by atoms with van der Waals surface area (Å²) in [5, 5.41) is 10.2. The third-order valence-corrected chi connectivity index (χ3v) is 7.58. The molecule has 0 amide bonds. The van der Waals surface area contributed by atoms with Crippen molar-refractivity contribution in [3.05, 3.63) is 65.1 Å². The summed E-state index contributed by atoms with van der Waals surface area (Å²) in [6.45, 7) is 5.26. The van der Waals surface area contributed by atoms with Gasteiger partial charge in [0.25, 0.3) is 0 Å². The molecule has 6 nitrogen and oxygen atoms in total. The molecule has 1 fully saturated rings. The summed E-state index contributed by atoms with van der Waals surface area (Å²) in [6.07, 6.45) is 11.6. The summed E-state index contributed by atoms with van der Waals surface area (Å²) in [6, 6.07) is 10.7. The number of anilines is 1. The van der Waals surface area contributed by atoms with Gasteiger partial charge in [-0.25, -0.2) is 9.97 Å². The van der Waals surface area contributed by atoms with Crippen molar-refractivity contribution >= 4 is 17.0 Å². The number of rotatable bonds is 3. The lowest BCUT2D eigenvalue weighted by Gasteiger charge is -2.34. The number of fused-ring (bicyclic) bond motifs is 3. The minimum absolute atomic E-state index is 0.164. The van der Waals surface area contributed by atoms with Crippen LogP contribution in [0.1, 0.15) is 73.4 Å². The Morgan fingerprint density at radius 1 is 1.00 bits per heavy atom. The second kappa shape index (κ2) is 8.25. The van der Waals surface area contributed by atoms with E-state index >= 15 is 0 Å². The van der Waals surface area contributed by atoms with Crippen LogP contribution < -0.4 is 4.90 Å². The predicted octanol–water partition coefficient (Wildman–Crippen LogP) is 5.89. The number of nitrogens with one attached hydrogen (secondary N) is 1. The molecule has 0 saturated heterocycles. The fraction of sp³-hybridized carbons (Fsp3) is 0.407. The van der Waals surface area contributed by atoms with Gasteiger partial charge < -0.3 is 9.88 Å². The number of aromatic nitrogens is 5. The number of hydrogen-bond acceptors (Lipinski definition) is 5. The Bertz CT molecular complexity index is 1290. The van der Waals surface area contributed by atoms with Crippen LogP contribution in [0.15, 0.2) is 42.7 Å². The lowest BCUT2D eigenvalue weighted by Crippen LogP contribution is -2.35. The molecule has 1 atom stereocenters. The Morgan fingerprint density at radius 2 is 1.79 bits per heavy atom. The van der Waals surface area contributed by atoms with Gasteiger partial charge in [0.2, 0.25) is 5.95 Å². The highest BCUT2D eigenvalue weighted by Crippen LogP contribution is 2.38. The molecule has 1 unspecified atom stereocenters. The van der Waals surface area contributed by atoms with Crippen LogP contribution in [0.4, 0.5) is 5.95 Å². The van der Waals surface area contributed by atoms with Crippen LogP contribution in [0.3, 0.4) is 0 Å². The molecule has 1 saturated carbocycles. The Labute approximate surface area is 194 Å². The molecule has 0 spiro atoms. The summed E-state index contributed by atoms with van der Waals surface area (Å²) in [5.74, 6) is 1.45. The normalized spacial score (nSPS) is 19.1. The Balaban J connectivity index is 1.33. The van der Waals surface area contributed by atoms with E-state index in [1.165, 1.54) is 54.5 Å². The fourth-order valence-electron chi connectivity index (χ4n) is 5.71. The smallest absolute Gasteiger partial charge is 0.225 e. The fourth-order valence-corrected chi connectivity index (χ4v) is 5.71. The van der Waals surface area contributed by atoms with Crippen LogP contribution in [0, 0.1) is 6.92 Å². The van der Waals surface area contributed by atoms with E-state index in [-0.39, 0.29) is 6.04 Å². The maximum Gasteiger partial charge on any atom is 0.225 e. The van der Waals surface area contributed by atoms with E-state index in [4.69, 9.17) is 9.97 Å². The summed E-state index contributed by atoms with van der Waals surface area (Å²) in [4.78, 5) is 15.5. The average Bonchev–Trinajstić information content (AvgIpc) is 3.24. The largest absolute Gasteiger partial charge is 0.341 e. The molecule has 168 valence electrons. The van der Waals surface area contributed by atoms with Crippen LogP contribution in [-0.4, -0.2) is 31.7 Å². The van der Waals surface area contributed by atoms with Gasteiger partial charge in [0.15, 0.2) is 5.65 Å². The molecule has 4 aromatic rings. The molecular weight excluding hydrogens is 408 g/mol. The van der Waals surface area contributed by atoms with E-state index in [0.717, 1.165) is 41.2 Å². The first-order chi connectivity index (χ1) is 16.2. The maximum absolute atomic E-state index is 4.82. The second-order valence-electron chi connectivity index (χ2n) is 9.59. The molecular formula is C27H30N6. The van der Waals surface area contributed by atoms with Gasteiger partial charge in [-0.05, 0) is 49.8 Å². The highest BCUT2D eigenvalue weighted by molar-refractivity contribution is 5.86. The van der Waals surface area contributed by atoms with Crippen molar-refractivity contribution in [3.8, 4) is 11.3 Å². The van der Waals surface area contributed by atoms with Gasteiger partial charge >= 0.3 is 0 Å². The zero-order chi connectivity index (χ0) is 22.4. The number of aryl methyl sites for hydroxylation is 1. The van der Waals surface area contributed by atoms with Gasteiger partial charge in [-0.3, -0.25) is 0 Å². The Hall–Kier alpha value is -3.28. The summed E-state index contributed by atoms with van der Waals surface area (Å²) in [5.41, 5.74) is 7.96. The minimum atomic E-state index is 0.164. The van der Waals surface area contributed by atoms with Gasteiger partial charge in [0, 0.05) is 47.6 Å². The van der Waals surface area contributed by atoms with E-state index in [1.54, 1.807) is 0 Å². The second-order valence-corrected chi connectivity index (χ2v) is 9.59. The van der Waals surface area contributed by atoms with Crippen LogP contribution in [-0.2, 0) is 6.42 Å². The summed E-state index contributed by atoms with van der Waals surface area (Å²) >= 11 is 0. The van der Waals surface area contributed by atoms with Crippen molar-refractivity contribution in [2.24, 2.45) is 0 Å². The van der Waals surface area contributed by atoms with Crippen LogP contribution >= 0.6 is 0 Å². The molecule has 33 heavy (non-hydrogen) atoms. The third-order valence-electron chi connectivity index (χ3n) is 7.58. The number of nitrogens with zero attached hydrogens (tertiary/aromatic N) is 5. The van der Waals surface area contributed by atoms with E-state index < -0.39 is 0 Å².